The van der Waals surface area contributed by atoms with E-state index in [1.54, 1.807) is 24.6 Å². The molecule has 3 aromatic rings. The molecule has 0 aliphatic rings. The predicted octanol–water partition coefficient (Wildman–Crippen LogP) is 3.89. The number of nitrogens with zero attached hydrogens (tertiary/aromatic N) is 2. The average Bonchev–Trinajstić information content (AvgIpc) is 3.15. The van der Waals surface area contributed by atoms with Crippen LogP contribution in [0, 0.1) is 5.82 Å². The fourth-order valence-corrected chi connectivity index (χ4v) is 2.61. The van der Waals surface area contributed by atoms with Crippen molar-refractivity contribution in [3.05, 3.63) is 89.9 Å². The second kappa shape index (κ2) is 8.39. The van der Waals surface area contributed by atoms with Crippen molar-refractivity contribution in [1.82, 2.24) is 15.2 Å². The lowest BCUT2D eigenvalue weighted by Crippen LogP contribution is -2.38. The molecule has 0 aliphatic heterocycles. The minimum atomic E-state index is -0.249. The molecular weight excluding hydrogens is 337 g/mol. The minimum absolute atomic E-state index is 0.249. The van der Waals surface area contributed by atoms with E-state index in [1.165, 1.54) is 12.1 Å². The fraction of sp³-hybridized carbons (Fsp3) is 0.158. The molecule has 128 valence electrons. The summed E-state index contributed by atoms with van der Waals surface area (Å²) >= 11 is 5.55. The highest BCUT2D eigenvalue weighted by molar-refractivity contribution is 7.80. The topological polar surface area (TPSA) is 41.3 Å². The maximum atomic E-state index is 13.1. The third kappa shape index (κ3) is 5.12. The maximum Gasteiger partial charge on any atom is 0.169 e. The summed E-state index contributed by atoms with van der Waals surface area (Å²) in [5, 5.41) is 3.81. The van der Waals surface area contributed by atoms with Crippen LogP contribution in [0.3, 0.4) is 0 Å². The van der Waals surface area contributed by atoms with Crippen molar-refractivity contribution in [2.24, 2.45) is 0 Å². The molecule has 25 heavy (non-hydrogen) atoms. The van der Waals surface area contributed by atoms with E-state index in [1.807, 2.05) is 35.4 Å². The number of benzene rings is 1. The van der Waals surface area contributed by atoms with E-state index in [9.17, 15) is 4.39 Å². The Hall–Kier alpha value is -2.73. The van der Waals surface area contributed by atoms with E-state index in [0.717, 1.165) is 16.9 Å². The van der Waals surface area contributed by atoms with Gasteiger partial charge in [-0.05, 0) is 53.7 Å². The zero-order valence-electron chi connectivity index (χ0n) is 13.6. The number of aromatic nitrogens is 1. The van der Waals surface area contributed by atoms with E-state index in [4.69, 9.17) is 16.6 Å². The summed E-state index contributed by atoms with van der Waals surface area (Å²) in [6, 6.07) is 14.1. The lowest BCUT2D eigenvalue weighted by atomic mass is 10.2. The van der Waals surface area contributed by atoms with Gasteiger partial charge in [0.2, 0.25) is 0 Å². The number of nitrogens with one attached hydrogen (secondary N) is 1. The number of hydrogen-bond acceptors (Lipinski definition) is 3. The Balaban J connectivity index is 1.70. The van der Waals surface area contributed by atoms with Gasteiger partial charge in [-0.25, -0.2) is 4.39 Å². The van der Waals surface area contributed by atoms with Gasteiger partial charge in [-0.3, -0.25) is 4.98 Å². The summed E-state index contributed by atoms with van der Waals surface area (Å²) in [7, 11) is 0. The Morgan fingerprint density at radius 2 is 1.88 bits per heavy atom. The standard InChI is InChI=1S/C19H18FN3OS/c20-17-7-5-15(6-8-17)13-23(14-16-3-1-9-21-11-16)19(25)22-12-18-4-2-10-24-18/h1-11H,12-14H2,(H,22,25). The minimum Gasteiger partial charge on any atom is -0.467 e. The first kappa shape index (κ1) is 17.1. The molecule has 1 N–H and O–H groups in total. The summed E-state index contributed by atoms with van der Waals surface area (Å²) in [6.45, 7) is 1.69. The number of pyridine rings is 1. The monoisotopic (exact) mass is 355 g/mol. The molecule has 6 heteroatoms. The highest BCUT2D eigenvalue weighted by Gasteiger charge is 2.12. The number of furan rings is 1. The fourth-order valence-electron chi connectivity index (χ4n) is 2.41. The van der Waals surface area contributed by atoms with Crippen LogP contribution in [0.4, 0.5) is 4.39 Å². The van der Waals surface area contributed by atoms with Gasteiger partial charge in [0.05, 0.1) is 12.8 Å². The largest absolute Gasteiger partial charge is 0.467 e. The van der Waals surface area contributed by atoms with Gasteiger partial charge in [-0.15, -0.1) is 0 Å². The Labute approximate surface area is 151 Å². The first-order chi connectivity index (χ1) is 12.2. The highest BCUT2D eigenvalue weighted by atomic mass is 32.1. The molecule has 0 saturated carbocycles. The molecule has 2 aromatic heterocycles. The normalized spacial score (nSPS) is 10.4. The van der Waals surface area contributed by atoms with E-state index in [-0.39, 0.29) is 5.82 Å². The van der Waals surface area contributed by atoms with Gasteiger partial charge in [-0.2, -0.15) is 0 Å². The molecular formula is C19H18FN3OS. The van der Waals surface area contributed by atoms with Gasteiger partial charge in [0.15, 0.2) is 5.11 Å². The number of hydrogen-bond donors (Lipinski definition) is 1. The third-order valence-electron chi connectivity index (χ3n) is 3.66. The van der Waals surface area contributed by atoms with Gasteiger partial charge < -0.3 is 14.6 Å². The van der Waals surface area contributed by atoms with Crippen molar-refractivity contribution in [3.8, 4) is 0 Å². The molecule has 0 aliphatic carbocycles. The van der Waals surface area contributed by atoms with E-state index >= 15 is 0 Å². The summed E-state index contributed by atoms with van der Waals surface area (Å²) in [6.07, 6.45) is 5.18. The van der Waals surface area contributed by atoms with E-state index in [0.29, 0.717) is 24.7 Å². The van der Waals surface area contributed by atoms with Crippen LogP contribution in [0.25, 0.3) is 0 Å². The lowest BCUT2D eigenvalue weighted by molar-refractivity contribution is 0.394. The number of rotatable bonds is 6. The van der Waals surface area contributed by atoms with Crippen LogP contribution in [0.1, 0.15) is 16.9 Å². The highest BCUT2D eigenvalue weighted by Crippen LogP contribution is 2.11. The van der Waals surface area contributed by atoms with Crippen molar-refractivity contribution in [3.63, 3.8) is 0 Å². The van der Waals surface area contributed by atoms with Crippen LogP contribution in [0.2, 0.25) is 0 Å². The molecule has 0 fully saturated rings. The number of thiocarbonyl (C=S) groups is 1. The lowest BCUT2D eigenvalue weighted by Gasteiger charge is -2.26. The van der Waals surface area contributed by atoms with Crippen LogP contribution in [0.15, 0.2) is 71.6 Å². The first-order valence-electron chi connectivity index (χ1n) is 7.89. The van der Waals surface area contributed by atoms with Gasteiger partial charge in [-0.1, -0.05) is 18.2 Å². The van der Waals surface area contributed by atoms with Crippen LogP contribution in [0.5, 0.6) is 0 Å². The molecule has 4 nitrogen and oxygen atoms in total. The Morgan fingerprint density at radius 1 is 1.08 bits per heavy atom. The van der Waals surface area contributed by atoms with Crippen molar-refractivity contribution >= 4 is 17.3 Å². The molecule has 3 rings (SSSR count). The maximum absolute atomic E-state index is 13.1. The zero-order valence-corrected chi connectivity index (χ0v) is 14.4. The summed E-state index contributed by atoms with van der Waals surface area (Å²) < 4.78 is 18.5. The van der Waals surface area contributed by atoms with E-state index < -0.39 is 0 Å². The van der Waals surface area contributed by atoms with Gasteiger partial charge in [0.1, 0.15) is 11.6 Å². The second-order valence-electron chi connectivity index (χ2n) is 5.58. The Bertz CT molecular complexity index is 791. The zero-order chi connectivity index (χ0) is 17.5. The van der Waals surface area contributed by atoms with Crippen molar-refractivity contribution < 1.29 is 8.81 Å². The molecule has 0 saturated heterocycles. The molecule has 1 aromatic carbocycles. The SMILES string of the molecule is Fc1ccc(CN(Cc2cccnc2)C(=S)NCc2ccco2)cc1. The molecule has 0 bridgehead atoms. The van der Waals surface area contributed by atoms with Crippen LogP contribution in [-0.4, -0.2) is 15.0 Å². The quantitative estimate of drug-likeness (QED) is 0.680. The third-order valence-corrected chi connectivity index (χ3v) is 4.07. The Kier molecular flexibility index (Phi) is 5.74. The Morgan fingerprint density at radius 3 is 2.56 bits per heavy atom. The second-order valence-corrected chi connectivity index (χ2v) is 5.97. The summed E-state index contributed by atoms with van der Waals surface area (Å²) in [4.78, 5) is 6.16. The molecule has 0 atom stereocenters. The van der Waals surface area contributed by atoms with Crippen molar-refractivity contribution in [1.29, 1.82) is 0 Å². The molecule has 0 amide bonds. The van der Waals surface area contributed by atoms with Crippen LogP contribution in [-0.2, 0) is 19.6 Å². The predicted molar refractivity (Wildman–Crippen MR) is 98.0 cm³/mol. The molecule has 0 radical (unpaired) electrons. The first-order valence-corrected chi connectivity index (χ1v) is 8.30. The van der Waals surface area contributed by atoms with E-state index in [2.05, 4.69) is 10.3 Å². The smallest absolute Gasteiger partial charge is 0.169 e. The van der Waals surface area contributed by atoms with Gasteiger partial charge in [0, 0.05) is 25.5 Å². The molecule has 2 heterocycles. The average molecular weight is 355 g/mol. The van der Waals surface area contributed by atoms with Crippen LogP contribution >= 0.6 is 12.2 Å². The van der Waals surface area contributed by atoms with Crippen molar-refractivity contribution in [2.75, 3.05) is 0 Å². The molecule has 0 spiro atoms. The van der Waals surface area contributed by atoms with Crippen molar-refractivity contribution in [2.45, 2.75) is 19.6 Å². The summed E-state index contributed by atoms with van der Waals surface area (Å²) in [5.74, 6) is 0.562. The summed E-state index contributed by atoms with van der Waals surface area (Å²) in [5.41, 5.74) is 2.03. The van der Waals surface area contributed by atoms with Gasteiger partial charge >= 0.3 is 0 Å². The van der Waals surface area contributed by atoms with Gasteiger partial charge in [0.25, 0.3) is 0 Å². The number of halogens is 1. The molecule has 0 unspecified atom stereocenters. The van der Waals surface area contributed by atoms with Crippen LogP contribution < -0.4 is 5.32 Å².